The molecule has 0 heterocycles. The fourth-order valence-electron chi connectivity index (χ4n) is 2.12. The molecule has 2 rings (SSSR count). The first-order valence-corrected chi connectivity index (χ1v) is 7.19. The molecule has 106 valence electrons. The molecular formula is C15H14BrClFNO. The van der Waals surface area contributed by atoms with Crippen LogP contribution in [-0.2, 0) is 0 Å². The van der Waals surface area contributed by atoms with Gasteiger partial charge in [-0.15, -0.1) is 0 Å². The van der Waals surface area contributed by atoms with Gasteiger partial charge in [-0.3, -0.25) is 0 Å². The SMILES string of the molecule is CNC(c1ccc(Cl)c(F)c1)c1cc(Br)ccc1OC. The van der Waals surface area contributed by atoms with Gasteiger partial charge in [0.25, 0.3) is 0 Å². The zero-order valence-corrected chi connectivity index (χ0v) is 13.4. The van der Waals surface area contributed by atoms with Gasteiger partial charge in [0.2, 0.25) is 0 Å². The Labute approximate surface area is 131 Å². The van der Waals surface area contributed by atoms with E-state index >= 15 is 0 Å². The van der Waals surface area contributed by atoms with Crippen molar-refractivity contribution in [1.82, 2.24) is 5.32 Å². The molecule has 0 radical (unpaired) electrons. The van der Waals surface area contributed by atoms with Gasteiger partial charge in [-0.25, -0.2) is 4.39 Å². The minimum absolute atomic E-state index is 0.116. The largest absolute Gasteiger partial charge is 0.496 e. The van der Waals surface area contributed by atoms with Crippen molar-refractivity contribution in [1.29, 1.82) is 0 Å². The van der Waals surface area contributed by atoms with Crippen molar-refractivity contribution in [2.75, 3.05) is 14.2 Å². The highest BCUT2D eigenvalue weighted by molar-refractivity contribution is 9.10. The van der Waals surface area contributed by atoms with Crippen LogP contribution in [0.25, 0.3) is 0 Å². The first kappa shape index (κ1) is 15.3. The monoisotopic (exact) mass is 357 g/mol. The average Bonchev–Trinajstić information content (AvgIpc) is 2.44. The molecule has 1 N–H and O–H groups in total. The van der Waals surface area contributed by atoms with Gasteiger partial charge in [-0.05, 0) is 42.9 Å². The van der Waals surface area contributed by atoms with Gasteiger partial charge in [0, 0.05) is 10.0 Å². The maximum atomic E-state index is 13.7. The molecule has 1 unspecified atom stereocenters. The van der Waals surface area contributed by atoms with Gasteiger partial charge in [-0.2, -0.15) is 0 Å². The van der Waals surface area contributed by atoms with Crippen LogP contribution in [0.3, 0.4) is 0 Å². The van der Waals surface area contributed by atoms with Crippen LogP contribution < -0.4 is 10.1 Å². The molecule has 0 fully saturated rings. The highest BCUT2D eigenvalue weighted by atomic mass is 79.9. The van der Waals surface area contributed by atoms with E-state index in [4.69, 9.17) is 16.3 Å². The second kappa shape index (κ2) is 6.57. The summed E-state index contributed by atoms with van der Waals surface area (Å²) in [4.78, 5) is 0. The molecule has 5 heteroatoms. The quantitative estimate of drug-likeness (QED) is 0.865. The normalized spacial score (nSPS) is 12.2. The molecule has 2 nitrogen and oxygen atoms in total. The van der Waals surface area contributed by atoms with Crippen LogP contribution in [0.4, 0.5) is 4.39 Å². The van der Waals surface area contributed by atoms with Crippen LogP contribution in [0.15, 0.2) is 40.9 Å². The Morgan fingerprint density at radius 1 is 1.25 bits per heavy atom. The second-order valence-electron chi connectivity index (χ2n) is 4.28. The molecule has 2 aromatic carbocycles. The lowest BCUT2D eigenvalue weighted by Crippen LogP contribution is -2.18. The molecule has 0 spiro atoms. The number of benzene rings is 2. The summed E-state index contributed by atoms with van der Waals surface area (Å²) in [7, 11) is 3.43. The minimum atomic E-state index is -0.432. The zero-order valence-electron chi connectivity index (χ0n) is 11.1. The lowest BCUT2D eigenvalue weighted by atomic mass is 9.98. The molecule has 0 aliphatic heterocycles. The summed E-state index contributed by atoms with van der Waals surface area (Å²) in [6.07, 6.45) is 0. The van der Waals surface area contributed by atoms with E-state index in [1.54, 1.807) is 19.2 Å². The van der Waals surface area contributed by atoms with E-state index in [-0.39, 0.29) is 11.1 Å². The Morgan fingerprint density at radius 3 is 2.60 bits per heavy atom. The molecule has 0 aromatic heterocycles. The second-order valence-corrected chi connectivity index (χ2v) is 5.60. The third kappa shape index (κ3) is 3.14. The van der Waals surface area contributed by atoms with Crippen molar-refractivity contribution in [3.05, 3.63) is 62.8 Å². The third-order valence-corrected chi connectivity index (χ3v) is 3.87. The first-order valence-electron chi connectivity index (χ1n) is 6.02. The molecule has 0 amide bonds. The number of methoxy groups -OCH3 is 1. The van der Waals surface area contributed by atoms with E-state index in [2.05, 4.69) is 21.2 Å². The standard InChI is InChI=1S/C15H14BrClFNO/c1-19-15(9-3-5-12(17)13(18)7-9)11-8-10(16)4-6-14(11)20-2/h3-8,15,19H,1-2H3. The molecule has 0 aliphatic rings. The molecule has 0 saturated carbocycles. The number of ether oxygens (including phenoxy) is 1. The highest BCUT2D eigenvalue weighted by Crippen LogP contribution is 2.33. The topological polar surface area (TPSA) is 21.3 Å². The van der Waals surface area contributed by atoms with E-state index in [0.29, 0.717) is 0 Å². The maximum absolute atomic E-state index is 13.7. The van der Waals surface area contributed by atoms with Crippen molar-refractivity contribution in [2.24, 2.45) is 0 Å². The summed E-state index contributed by atoms with van der Waals surface area (Å²) in [5.74, 6) is 0.307. The summed E-state index contributed by atoms with van der Waals surface area (Å²) >= 11 is 9.17. The van der Waals surface area contributed by atoms with Gasteiger partial charge < -0.3 is 10.1 Å². The number of nitrogens with one attached hydrogen (secondary N) is 1. The summed E-state index contributed by atoms with van der Waals surface area (Å²) in [6.45, 7) is 0. The molecule has 1 atom stereocenters. The predicted octanol–water partition coefficient (Wildman–Crippen LogP) is 4.56. The maximum Gasteiger partial charge on any atom is 0.142 e. The third-order valence-electron chi connectivity index (χ3n) is 3.07. The average molecular weight is 359 g/mol. The van der Waals surface area contributed by atoms with E-state index < -0.39 is 5.82 Å². The Kier molecular flexibility index (Phi) is 5.02. The van der Waals surface area contributed by atoms with Gasteiger partial charge in [0.15, 0.2) is 0 Å². The molecule has 0 saturated heterocycles. The van der Waals surface area contributed by atoms with Gasteiger partial charge in [-0.1, -0.05) is 33.6 Å². The number of hydrogen-bond donors (Lipinski definition) is 1. The van der Waals surface area contributed by atoms with Crippen LogP contribution in [0.1, 0.15) is 17.2 Å². The number of hydrogen-bond acceptors (Lipinski definition) is 2. The Hall–Kier alpha value is -1.10. The molecule has 0 aliphatic carbocycles. The fourth-order valence-corrected chi connectivity index (χ4v) is 2.62. The minimum Gasteiger partial charge on any atom is -0.496 e. The fraction of sp³-hybridized carbons (Fsp3) is 0.200. The van der Waals surface area contributed by atoms with Crippen molar-refractivity contribution in [2.45, 2.75) is 6.04 Å². The molecule has 20 heavy (non-hydrogen) atoms. The summed E-state index contributed by atoms with van der Waals surface area (Å²) in [6, 6.07) is 10.3. The van der Waals surface area contributed by atoms with Crippen LogP contribution in [0.2, 0.25) is 5.02 Å². The van der Waals surface area contributed by atoms with E-state index in [1.165, 1.54) is 6.07 Å². The van der Waals surface area contributed by atoms with Crippen molar-refractivity contribution in [3.63, 3.8) is 0 Å². The highest BCUT2D eigenvalue weighted by Gasteiger charge is 2.18. The van der Waals surface area contributed by atoms with Crippen molar-refractivity contribution < 1.29 is 9.13 Å². The van der Waals surface area contributed by atoms with Crippen molar-refractivity contribution >= 4 is 27.5 Å². The summed E-state index contributed by atoms with van der Waals surface area (Å²) < 4.78 is 20.0. The first-order chi connectivity index (χ1) is 9.56. The van der Waals surface area contributed by atoms with Crippen LogP contribution >= 0.6 is 27.5 Å². The Bertz CT molecular complexity index is 621. The molecule has 0 bridgehead atoms. The van der Waals surface area contributed by atoms with E-state index in [9.17, 15) is 4.39 Å². The smallest absolute Gasteiger partial charge is 0.142 e. The van der Waals surface area contributed by atoms with E-state index in [0.717, 1.165) is 21.3 Å². The van der Waals surface area contributed by atoms with Gasteiger partial charge in [0.1, 0.15) is 11.6 Å². The summed E-state index contributed by atoms with van der Waals surface area (Å²) in [5, 5.41) is 3.29. The van der Waals surface area contributed by atoms with Crippen LogP contribution in [0.5, 0.6) is 5.75 Å². The molecule has 2 aromatic rings. The van der Waals surface area contributed by atoms with Crippen LogP contribution in [-0.4, -0.2) is 14.2 Å². The summed E-state index contributed by atoms with van der Waals surface area (Å²) in [5.41, 5.74) is 1.71. The lowest BCUT2D eigenvalue weighted by Gasteiger charge is -2.20. The van der Waals surface area contributed by atoms with Gasteiger partial charge in [0.05, 0.1) is 18.2 Å². The predicted molar refractivity (Wildman–Crippen MR) is 83.0 cm³/mol. The van der Waals surface area contributed by atoms with Crippen LogP contribution in [0, 0.1) is 5.82 Å². The number of rotatable bonds is 4. The Balaban J connectivity index is 2.51. The number of halogens is 3. The van der Waals surface area contributed by atoms with Crippen molar-refractivity contribution in [3.8, 4) is 5.75 Å². The van der Waals surface area contributed by atoms with Gasteiger partial charge >= 0.3 is 0 Å². The zero-order chi connectivity index (χ0) is 14.7. The molecular weight excluding hydrogens is 345 g/mol. The van der Waals surface area contributed by atoms with E-state index in [1.807, 2.05) is 25.2 Å². The lowest BCUT2D eigenvalue weighted by molar-refractivity contribution is 0.405. The Morgan fingerprint density at radius 2 is 2.00 bits per heavy atom.